The molecule has 0 unspecified atom stereocenters. The molecule has 31 heavy (non-hydrogen) atoms. The zero-order valence-corrected chi connectivity index (χ0v) is 18.5. The van der Waals surface area contributed by atoms with Gasteiger partial charge >= 0.3 is 5.97 Å². The molecule has 5 atom stereocenters. The second-order valence-electron chi connectivity index (χ2n) is 8.33. The van der Waals surface area contributed by atoms with Crippen molar-refractivity contribution in [3.63, 3.8) is 0 Å². The van der Waals surface area contributed by atoms with Gasteiger partial charge in [-0.2, -0.15) is 0 Å². The number of rotatable bonds is 12. The van der Waals surface area contributed by atoms with Crippen LogP contribution in [0.25, 0.3) is 0 Å². The molecule has 2 rings (SSSR count). The van der Waals surface area contributed by atoms with Crippen LogP contribution in [-0.2, 0) is 9.53 Å². The molecule has 172 valence electrons. The molecule has 0 amide bonds. The van der Waals surface area contributed by atoms with Crippen molar-refractivity contribution in [1.82, 2.24) is 0 Å². The monoisotopic (exact) mass is 432 g/mol. The maximum absolute atomic E-state index is 11.5. The molecule has 1 aliphatic rings. The van der Waals surface area contributed by atoms with Crippen molar-refractivity contribution in [2.45, 2.75) is 70.4 Å². The van der Waals surface area contributed by atoms with E-state index < -0.39 is 18.3 Å². The molecule has 0 radical (unpaired) electrons. The van der Waals surface area contributed by atoms with E-state index in [1.807, 2.05) is 56.3 Å². The molecule has 6 heteroatoms. The minimum absolute atomic E-state index is 0.0910. The summed E-state index contributed by atoms with van der Waals surface area (Å²) in [6.07, 6.45) is 8.12. The highest BCUT2D eigenvalue weighted by atomic mass is 16.5. The minimum atomic E-state index is -0.799. The molecule has 0 bridgehead atoms. The SMILES string of the molecule is CC(C)OC(=O)CCCC=CC[C@@H]1[C@@H](C=C[C@@H](O)COc2ccccc2)[C@H](O)C[C@@H]1O. The number of aliphatic hydroxyl groups is 3. The van der Waals surface area contributed by atoms with Gasteiger partial charge in [0.2, 0.25) is 0 Å². The highest BCUT2D eigenvalue weighted by Crippen LogP contribution is 2.36. The van der Waals surface area contributed by atoms with Crippen molar-refractivity contribution in [3.05, 3.63) is 54.6 Å². The zero-order valence-electron chi connectivity index (χ0n) is 18.5. The van der Waals surface area contributed by atoms with Crippen LogP contribution in [0.1, 0.15) is 46.0 Å². The smallest absolute Gasteiger partial charge is 0.306 e. The molecule has 0 heterocycles. The van der Waals surface area contributed by atoms with Crippen molar-refractivity contribution >= 4 is 5.97 Å². The van der Waals surface area contributed by atoms with Gasteiger partial charge in [-0.25, -0.2) is 0 Å². The fourth-order valence-electron chi connectivity index (χ4n) is 3.77. The van der Waals surface area contributed by atoms with Crippen LogP contribution < -0.4 is 4.74 Å². The van der Waals surface area contributed by atoms with Gasteiger partial charge in [-0.3, -0.25) is 4.79 Å². The molecule has 0 saturated heterocycles. The first-order chi connectivity index (χ1) is 14.9. The fourth-order valence-corrected chi connectivity index (χ4v) is 3.77. The Balaban J connectivity index is 1.77. The first kappa shape index (κ1) is 25.1. The normalized spacial score (nSPS) is 24.8. The van der Waals surface area contributed by atoms with Crippen LogP contribution in [-0.4, -0.2) is 52.3 Å². The number of para-hydroxylation sites is 1. The van der Waals surface area contributed by atoms with Gasteiger partial charge in [-0.05, 0) is 51.2 Å². The number of aliphatic hydroxyl groups excluding tert-OH is 3. The summed E-state index contributed by atoms with van der Waals surface area (Å²) in [5.74, 6) is 0.159. The van der Waals surface area contributed by atoms with E-state index in [1.165, 1.54) is 0 Å². The quantitative estimate of drug-likeness (QED) is 0.266. The largest absolute Gasteiger partial charge is 0.491 e. The summed E-state index contributed by atoms with van der Waals surface area (Å²) >= 11 is 0. The summed E-state index contributed by atoms with van der Waals surface area (Å²) in [6.45, 7) is 3.79. The first-order valence-corrected chi connectivity index (χ1v) is 11.1. The number of carbonyl (C=O) groups excluding carboxylic acids is 1. The average Bonchev–Trinajstić information content (AvgIpc) is 3.00. The van der Waals surface area contributed by atoms with Gasteiger partial charge in [0.1, 0.15) is 18.5 Å². The molecule has 0 spiro atoms. The molecular formula is C25H36O6. The van der Waals surface area contributed by atoms with E-state index in [2.05, 4.69) is 0 Å². The molecule has 1 fully saturated rings. The molecule has 3 N–H and O–H groups in total. The highest BCUT2D eigenvalue weighted by Gasteiger charge is 2.39. The predicted octanol–water partition coefficient (Wildman–Crippen LogP) is 3.41. The maximum atomic E-state index is 11.5. The maximum Gasteiger partial charge on any atom is 0.306 e. The third-order valence-electron chi connectivity index (χ3n) is 5.33. The van der Waals surface area contributed by atoms with Crippen LogP contribution in [0.3, 0.4) is 0 Å². The lowest BCUT2D eigenvalue weighted by Crippen LogP contribution is -2.21. The lowest BCUT2D eigenvalue weighted by molar-refractivity contribution is -0.147. The van der Waals surface area contributed by atoms with E-state index in [-0.39, 0.29) is 30.5 Å². The first-order valence-electron chi connectivity index (χ1n) is 11.1. The van der Waals surface area contributed by atoms with Gasteiger partial charge in [0, 0.05) is 18.8 Å². The topological polar surface area (TPSA) is 96.2 Å². The predicted molar refractivity (Wildman–Crippen MR) is 120 cm³/mol. The third kappa shape index (κ3) is 9.25. The van der Waals surface area contributed by atoms with Crippen molar-refractivity contribution in [1.29, 1.82) is 0 Å². The Hall–Kier alpha value is -2.15. The lowest BCUT2D eigenvalue weighted by Gasteiger charge is -2.19. The van der Waals surface area contributed by atoms with E-state index in [1.54, 1.807) is 12.2 Å². The number of allylic oxidation sites excluding steroid dienone is 2. The molecule has 1 saturated carbocycles. The number of esters is 1. The average molecular weight is 433 g/mol. The van der Waals surface area contributed by atoms with E-state index in [0.29, 0.717) is 25.0 Å². The Morgan fingerprint density at radius 3 is 2.61 bits per heavy atom. The van der Waals surface area contributed by atoms with Crippen LogP contribution in [0.2, 0.25) is 0 Å². The summed E-state index contributed by atoms with van der Waals surface area (Å²) in [5.41, 5.74) is 0. The van der Waals surface area contributed by atoms with Gasteiger partial charge in [-0.1, -0.05) is 42.5 Å². The summed E-state index contributed by atoms with van der Waals surface area (Å²) in [6, 6.07) is 9.27. The number of ether oxygens (including phenoxy) is 2. The molecular weight excluding hydrogens is 396 g/mol. The minimum Gasteiger partial charge on any atom is -0.491 e. The van der Waals surface area contributed by atoms with E-state index in [4.69, 9.17) is 9.47 Å². The van der Waals surface area contributed by atoms with Crippen molar-refractivity contribution in [2.24, 2.45) is 11.8 Å². The molecule has 1 aromatic rings. The summed E-state index contributed by atoms with van der Waals surface area (Å²) in [5, 5.41) is 30.8. The zero-order chi connectivity index (χ0) is 22.6. The Bertz CT molecular complexity index is 699. The van der Waals surface area contributed by atoms with Gasteiger partial charge in [0.15, 0.2) is 0 Å². The van der Waals surface area contributed by atoms with E-state index >= 15 is 0 Å². The van der Waals surface area contributed by atoms with Gasteiger partial charge in [0.25, 0.3) is 0 Å². The molecule has 6 nitrogen and oxygen atoms in total. The Labute approximate surface area is 185 Å². The number of hydrogen-bond donors (Lipinski definition) is 3. The molecule has 1 aromatic carbocycles. The van der Waals surface area contributed by atoms with Crippen LogP contribution >= 0.6 is 0 Å². The van der Waals surface area contributed by atoms with Crippen LogP contribution in [0.5, 0.6) is 5.75 Å². The van der Waals surface area contributed by atoms with E-state index in [0.717, 1.165) is 12.8 Å². The second kappa shape index (κ2) is 13.3. The summed E-state index contributed by atoms with van der Waals surface area (Å²) < 4.78 is 10.6. The molecule has 0 aromatic heterocycles. The Morgan fingerprint density at radius 2 is 1.90 bits per heavy atom. The second-order valence-corrected chi connectivity index (χ2v) is 8.33. The summed E-state index contributed by atoms with van der Waals surface area (Å²) in [4.78, 5) is 11.5. The number of unbranched alkanes of at least 4 members (excludes halogenated alkanes) is 1. The van der Waals surface area contributed by atoms with Crippen molar-refractivity contribution in [2.75, 3.05) is 6.61 Å². The van der Waals surface area contributed by atoms with Gasteiger partial charge in [-0.15, -0.1) is 0 Å². The van der Waals surface area contributed by atoms with Crippen LogP contribution in [0.4, 0.5) is 0 Å². The standard InChI is InChI=1S/C25H36O6/c1-18(2)31-25(29)13-9-4-3-8-12-21-22(24(28)16-23(21)27)15-14-19(26)17-30-20-10-6-5-7-11-20/h3,5-8,10-11,14-15,18-19,21-24,26-28H,4,9,12-13,16-17H2,1-2H3/t19-,21-,22-,23+,24-/m1/s1. The lowest BCUT2D eigenvalue weighted by atomic mass is 9.89. The van der Waals surface area contributed by atoms with Crippen LogP contribution in [0, 0.1) is 11.8 Å². The Morgan fingerprint density at radius 1 is 1.16 bits per heavy atom. The number of carbonyl (C=O) groups is 1. The molecule has 1 aliphatic carbocycles. The van der Waals surface area contributed by atoms with Crippen molar-refractivity contribution in [3.8, 4) is 5.75 Å². The van der Waals surface area contributed by atoms with E-state index in [9.17, 15) is 20.1 Å². The fraction of sp³-hybridized carbons (Fsp3) is 0.560. The Kier molecular flexibility index (Phi) is 10.8. The highest BCUT2D eigenvalue weighted by molar-refractivity contribution is 5.69. The number of benzene rings is 1. The van der Waals surface area contributed by atoms with Gasteiger partial charge in [0.05, 0.1) is 18.3 Å². The molecule has 0 aliphatic heterocycles. The summed E-state index contributed by atoms with van der Waals surface area (Å²) in [7, 11) is 0. The number of hydrogen-bond acceptors (Lipinski definition) is 6. The third-order valence-corrected chi connectivity index (χ3v) is 5.33. The van der Waals surface area contributed by atoms with Crippen LogP contribution in [0.15, 0.2) is 54.6 Å². The van der Waals surface area contributed by atoms with Gasteiger partial charge < -0.3 is 24.8 Å². The van der Waals surface area contributed by atoms with Crippen molar-refractivity contribution < 1.29 is 29.6 Å².